The monoisotopic (exact) mass is 1200 g/mol. The van der Waals surface area contributed by atoms with E-state index >= 15 is 0 Å². The maximum absolute atomic E-state index is 13.5. The van der Waals surface area contributed by atoms with Crippen LogP contribution >= 0.6 is 53.2 Å². The number of rotatable bonds is 15. The average molecular weight is 1210 g/mol. The van der Waals surface area contributed by atoms with Crippen LogP contribution in [0.15, 0.2) is 65.1 Å². The van der Waals surface area contributed by atoms with E-state index < -0.39 is 29.1 Å². The Kier molecular flexibility index (Phi) is 25.6. The van der Waals surface area contributed by atoms with Crippen molar-refractivity contribution in [2.24, 2.45) is 20.7 Å². The van der Waals surface area contributed by atoms with Crippen LogP contribution in [-0.2, 0) is 14.3 Å². The van der Waals surface area contributed by atoms with Gasteiger partial charge in [0.05, 0.1) is 28.2 Å². The minimum atomic E-state index is -0.766. The summed E-state index contributed by atoms with van der Waals surface area (Å²) in [5.41, 5.74) is 9.05. The fourth-order valence-corrected chi connectivity index (χ4v) is 4.99. The number of nitrogens with two attached hydrogens (primary N) is 1. The smallest absolute Gasteiger partial charge is 0.413 e. The van der Waals surface area contributed by atoms with Crippen LogP contribution in [0.25, 0.3) is 0 Å². The van der Waals surface area contributed by atoms with Gasteiger partial charge in [-0.1, -0.05) is 7.43 Å². The number of anilines is 2. The molecule has 0 radical (unpaired) electrons. The average Bonchev–Trinajstić information content (AvgIpc) is 3.88. The molecule has 27 heteroatoms. The number of benzene rings is 2. The lowest BCUT2D eigenvalue weighted by molar-refractivity contribution is -0.153. The van der Waals surface area contributed by atoms with Crippen LogP contribution in [0.1, 0.15) is 85.2 Å². The first-order valence-electron chi connectivity index (χ1n) is 18.7. The van der Waals surface area contributed by atoms with Crippen LogP contribution in [0, 0.1) is 24.0 Å². The molecule has 4 aromatic rings. The molecule has 0 unspecified atom stereocenters. The molecule has 0 spiro atoms. The van der Waals surface area contributed by atoms with E-state index in [1.54, 1.807) is 48.5 Å². The topological polar surface area (TPSA) is 318 Å². The maximum Gasteiger partial charge on any atom is 0.413 e. The molecule has 0 aliphatic rings. The first-order valence-corrected chi connectivity index (χ1v) is 25.8. The molecule has 4 rings (SSSR count). The van der Waals surface area contributed by atoms with Crippen LogP contribution in [0.4, 0.5) is 36.6 Å². The third-order valence-corrected chi connectivity index (χ3v) is 7.77. The van der Waals surface area contributed by atoms with E-state index in [0.717, 1.165) is 0 Å². The number of aryl methyl sites for hydroxylation is 1. The highest BCUT2D eigenvalue weighted by Gasteiger charge is 2.23. The minimum Gasteiger partial charge on any atom is -0.460 e. The van der Waals surface area contributed by atoms with Crippen molar-refractivity contribution in [2.75, 3.05) is 30.3 Å². The van der Waals surface area contributed by atoms with E-state index in [1.807, 2.05) is 11.0 Å². The van der Waals surface area contributed by atoms with Gasteiger partial charge >= 0.3 is 12.1 Å². The van der Waals surface area contributed by atoms with Crippen LogP contribution in [0.2, 0.25) is 0 Å². The molecule has 2 heterocycles. The number of hydrogen-bond donors (Lipinski definition) is 9. The Morgan fingerprint density at radius 2 is 1.35 bits per heavy atom. The molecule has 0 aliphatic carbocycles. The van der Waals surface area contributed by atoms with Crippen LogP contribution < -0.4 is 32.6 Å². The molecule has 10 N–H and O–H groups in total. The van der Waals surface area contributed by atoms with Crippen molar-refractivity contribution in [3.05, 3.63) is 69.5 Å². The molecule has 0 atom stereocenters. The number of carbonyl (C=O) groups is 2. The fourth-order valence-electron chi connectivity index (χ4n) is 4.62. The number of aliphatic imine (C=N–C) groups is 3. The van der Waals surface area contributed by atoms with E-state index in [1.165, 1.54) is 36.4 Å². The van der Waals surface area contributed by atoms with E-state index in [2.05, 4.69) is 109 Å². The normalized spacial score (nSPS) is 11.7. The van der Waals surface area contributed by atoms with Crippen molar-refractivity contribution in [3.8, 4) is 0 Å². The number of halogens is 5. The summed E-state index contributed by atoms with van der Waals surface area (Å²) in [6.45, 7) is 12.6. The van der Waals surface area contributed by atoms with Crippen molar-refractivity contribution >= 4 is 112 Å². The number of aromatic nitrogens is 4. The summed E-state index contributed by atoms with van der Waals surface area (Å²) in [5, 5.41) is 49.3. The van der Waals surface area contributed by atoms with Gasteiger partial charge in [-0.3, -0.25) is 41.9 Å². The summed E-state index contributed by atoms with van der Waals surface area (Å²) in [4.78, 5) is 37.1. The number of ether oxygens (including phenoxy) is 2. The number of alkyl carbamates (subject to hydrolysis) is 1. The SMILES string of the molecule is C.CC(C)(C)OC(=O)CC(=NCCNc1nonc1C(=Nc1ccc(F)c(Br)c1)NO)NC(=O)OC(C)(C)C.Cc1cc(N=C(NO)c2nonc2NCCCC(=N)N)ccc1F.II. The van der Waals surface area contributed by atoms with Gasteiger partial charge in [0.2, 0.25) is 11.6 Å². The van der Waals surface area contributed by atoms with Gasteiger partial charge in [0.1, 0.15) is 35.1 Å². The van der Waals surface area contributed by atoms with E-state index in [4.69, 9.17) is 25.2 Å². The lowest BCUT2D eigenvalue weighted by atomic mass is 10.2. The lowest BCUT2D eigenvalue weighted by Gasteiger charge is -2.21. The molecule has 0 aliphatic heterocycles. The second-order valence-electron chi connectivity index (χ2n) is 14.8. The first kappa shape index (κ1) is 57.9. The summed E-state index contributed by atoms with van der Waals surface area (Å²) in [7, 11) is 0. The number of nitrogens with zero attached hydrogens (tertiary/aromatic N) is 7. The number of nitrogens with one attached hydrogen (secondary N) is 6. The number of amidine groups is 4. The highest BCUT2D eigenvalue weighted by Crippen LogP contribution is 2.24. The second kappa shape index (κ2) is 28.7. The molecule has 1 amide bonds. The highest BCUT2D eigenvalue weighted by molar-refractivity contribution is 15.0. The Bertz CT molecular complexity index is 2220. The predicted octanol–water partition coefficient (Wildman–Crippen LogP) is 8.20. The van der Waals surface area contributed by atoms with Crippen LogP contribution in [0.3, 0.4) is 0 Å². The Morgan fingerprint density at radius 3 is 1.83 bits per heavy atom. The Hall–Kier alpha value is -5.14. The third-order valence-electron chi connectivity index (χ3n) is 7.16. The Labute approximate surface area is 405 Å². The molecule has 358 valence electrons. The zero-order chi connectivity index (χ0) is 48.0. The number of esters is 1. The largest absolute Gasteiger partial charge is 0.460 e. The summed E-state index contributed by atoms with van der Waals surface area (Å²) in [6.07, 6.45) is 0.0173. The van der Waals surface area contributed by atoms with Crippen molar-refractivity contribution in [1.29, 1.82) is 5.41 Å². The van der Waals surface area contributed by atoms with Gasteiger partial charge in [-0.05, 0) is 133 Å². The summed E-state index contributed by atoms with van der Waals surface area (Å²) in [5.74, 6) is -0.969. The molecule has 0 fully saturated rings. The highest BCUT2D eigenvalue weighted by atomic mass is 128. The molecular formula is C38H53BrF2I2N14O8. The van der Waals surface area contributed by atoms with Crippen molar-refractivity contribution in [3.63, 3.8) is 0 Å². The lowest BCUT2D eigenvalue weighted by Crippen LogP contribution is -2.38. The number of hydrogen-bond acceptors (Lipinski definition) is 18. The second-order valence-corrected chi connectivity index (χ2v) is 15.7. The zero-order valence-corrected chi connectivity index (χ0v) is 41.5. The van der Waals surface area contributed by atoms with Gasteiger partial charge in [-0.25, -0.2) is 32.8 Å². The van der Waals surface area contributed by atoms with Crippen LogP contribution in [0.5, 0.6) is 0 Å². The standard InChI is InChI=1S/C23H31BrFN7O6.C14H18FN7O2.CH4.I2/c1-22(2,3)36-17(33)12-16(29-21(34)37-23(4,5)6)26-9-10-27-19-18(31-38-32-19)20(30-35)28-13-7-8-15(25)14(24)11-13;1-8-7-9(4-5-10(8)15)19-14(20-23)12-13(22-24-21-12)18-6-2-3-11(16)17;;1-2/h7-8,11,35H,9-10,12H2,1-6H3,(H,27,32)(H,28,30)(H,26,29,34);4-5,7,23H,2-3,6H2,1H3,(H3,16,17)(H,18,22)(H,19,20);1H4;. The first-order chi connectivity index (χ1) is 30.2. The molecular weight excluding hydrogens is 1150 g/mol. The zero-order valence-electron chi connectivity index (χ0n) is 35.6. The molecule has 0 bridgehead atoms. The van der Waals surface area contributed by atoms with Gasteiger partial charge in [-0.15, -0.1) is 0 Å². The predicted molar refractivity (Wildman–Crippen MR) is 261 cm³/mol. The molecule has 65 heavy (non-hydrogen) atoms. The fraction of sp³-hybridized carbons (Fsp3) is 0.421. The molecule has 2 aromatic carbocycles. The molecule has 2 aromatic heterocycles. The van der Waals surface area contributed by atoms with Gasteiger partial charge in [0.15, 0.2) is 23.1 Å². The molecule has 0 saturated heterocycles. The van der Waals surface area contributed by atoms with E-state index in [9.17, 15) is 28.8 Å². The minimum absolute atomic E-state index is 0. The van der Waals surface area contributed by atoms with Crippen molar-refractivity contribution in [2.45, 2.75) is 86.4 Å². The Balaban J connectivity index is 0.000000673. The van der Waals surface area contributed by atoms with Gasteiger partial charge < -0.3 is 25.8 Å². The quantitative estimate of drug-likeness (QED) is 0.0135. The number of carbonyl (C=O) groups excluding carboxylic acids is 2. The molecule has 0 saturated carbocycles. The maximum atomic E-state index is 13.5. The third kappa shape index (κ3) is 22.1. The van der Waals surface area contributed by atoms with E-state index in [0.29, 0.717) is 36.3 Å². The van der Waals surface area contributed by atoms with Gasteiger partial charge in [0.25, 0.3) is 0 Å². The van der Waals surface area contributed by atoms with Gasteiger partial charge in [0, 0.05) is 56.7 Å². The molecule has 22 nitrogen and oxygen atoms in total. The van der Waals surface area contributed by atoms with Crippen LogP contribution in [-0.4, -0.2) is 97.3 Å². The van der Waals surface area contributed by atoms with Crippen molar-refractivity contribution < 1.29 is 47.5 Å². The summed E-state index contributed by atoms with van der Waals surface area (Å²) < 4.78 is 46.9. The summed E-state index contributed by atoms with van der Waals surface area (Å²) in [6, 6.07) is 8.29. The number of amides is 1. The van der Waals surface area contributed by atoms with Crippen molar-refractivity contribution in [1.82, 2.24) is 36.9 Å². The van der Waals surface area contributed by atoms with E-state index in [-0.39, 0.29) is 83.6 Å². The Morgan fingerprint density at radius 1 is 0.846 bits per heavy atom. The van der Waals surface area contributed by atoms with Gasteiger partial charge in [-0.2, -0.15) is 0 Å². The summed E-state index contributed by atoms with van der Waals surface area (Å²) >= 11 is 7.31. The number of hydroxylamine groups is 2.